The lowest BCUT2D eigenvalue weighted by Crippen LogP contribution is -2.28. The number of carboxylic acid groups (broad SMARTS) is 1. The molecule has 0 bridgehead atoms. The summed E-state index contributed by atoms with van der Waals surface area (Å²) in [7, 11) is 0. The Morgan fingerprint density at radius 3 is 2.94 bits per heavy atom. The molecule has 2 unspecified atom stereocenters. The molecule has 4 heteroatoms. The van der Waals surface area contributed by atoms with Crippen LogP contribution in [0.15, 0.2) is 0 Å². The highest BCUT2D eigenvalue weighted by molar-refractivity contribution is 5.64. The molecular formula is C12H15N2O2-. The molecule has 2 aliphatic carbocycles. The summed E-state index contributed by atoms with van der Waals surface area (Å²) in [6.45, 7) is 6.42. The summed E-state index contributed by atoms with van der Waals surface area (Å²) >= 11 is 0. The van der Waals surface area contributed by atoms with E-state index in [9.17, 15) is 9.90 Å². The summed E-state index contributed by atoms with van der Waals surface area (Å²) in [6.07, 6.45) is 0.973. The molecule has 1 saturated carbocycles. The number of hydrogen-bond donors (Lipinski definition) is 0. The van der Waals surface area contributed by atoms with Gasteiger partial charge < -0.3 is 9.90 Å². The first-order valence-corrected chi connectivity index (χ1v) is 5.69. The van der Waals surface area contributed by atoms with Crippen molar-refractivity contribution in [3.8, 4) is 0 Å². The third kappa shape index (κ3) is 1.05. The molecule has 0 spiro atoms. The van der Waals surface area contributed by atoms with Crippen LogP contribution >= 0.6 is 0 Å². The van der Waals surface area contributed by atoms with Crippen LogP contribution in [-0.2, 0) is 17.8 Å². The maximum Gasteiger partial charge on any atom is 0.0807 e. The van der Waals surface area contributed by atoms with Crippen molar-refractivity contribution in [2.75, 3.05) is 0 Å². The van der Waals surface area contributed by atoms with Crippen LogP contribution in [0.4, 0.5) is 0 Å². The number of carbonyl (C=O) groups is 1. The Morgan fingerprint density at radius 2 is 2.31 bits per heavy atom. The topological polar surface area (TPSA) is 58.0 Å². The summed E-state index contributed by atoms with van der Waals surface area (Å²) < 4.78 is 1.61. The fraction of sp³-hybridized carbons (Fsp3) is 0.667. The summed E-state index contributed by atoms with van der Waals surface area (Å²) in [5.41, 5.74) is 3.80. The first-order valence-electron chi connectivity index (χ1n) is 5.69. The van der Waals surface area contributed by atoms with E-state index in [0.717, 1.165) is 17.8 Å². The lowest BCUT2D eigenvalue weighted by molar-refractivity contribution is -0.306. The molecule has 16 heavy (non-hydrogen) atoms. The lowest BCUT2D eigenvalue weighted by Gasteiger charge is -2.11. The van der Waals surface area contributed by atoms with Gasteiger partial charge in [0.15, 0.2) is 0 Å². The minimum Gasteiger partial charge on any atom is -0.548 e. The molecule has 0 aliphatic heterocycles. The van der Waals surface area contributed by atoms with Gasteiger partial charge in [0.2, 0.25) is 0 Å². The minimum absolute atomic E-state index is 0.115. The second kappa shape index (κ2) is 2.67. The van der Waals surface area contributed by atoms with E-state index in [2.05, 4.69) is 18.9 Å². The van der Waals surface area contributed by atoms with Crippen LogP contribution in [0.25, 0.3) is 0 Å². The number of aromatic nitrogens is 2. The van der Waals surface area contributed by atoms with Gasteiger partial charge in [-0.3, -0.25) is 4.68 Å². The fourth-order valence-electron chi connectivity index (χ4n) is 3.42. The number of aryl methyl sites for hydroxylation is 1. The summed E-state index contributed by atoms with van der Waals surface area (Å²) in [5, 5.41) is 14.9. The Kier molecular flexibility index (Phi) is 1.65. The number of nitrogens with zero attached hydrogens (tertiary/aromatic N) is 2. The molecule has 1 aromatic heterocycles. The zero-order valence-corrected chi connectivity index (χ0v) is 9.78. The Bertz CT molecular complexity index is 487. The number of carboxylic acids is 1. The Labute approximate surface area is 94.3 Å². The van der Waals surface area contributed by atoms with Crippen molar-refractivity contribution in [2.24, 2.45) is 11.3 Å². The van der Waals surface area contributed by atoms with Crippen molar-refractivity contribution in [3.63, 3.8) is 0 Å². The maximum absolute atomic E-state index is 10.6. The highest BCUT2D eigenvalue weighted by Gasteiger charge is 2.63. The van der Waals surface area contributed by atoms with E-state index >= 15 is 0 Å². The van der Waals surface area contributed by atoms with Gasteiger partial charge in [-0.2, -0.15) is 5.10 Å². The number of carbonyl (C=O) groups excluding carboxylic acids is 1. The zero-order chi connectivity index (χ0) is 11.7. The first-order chi connectivity index (χ1) is 7.43. The van der Waals surface area contributed by atoms with Gasteiger partial charge in [0, 0.05) is 11.3 Å². The van der Waals surface area contributed by atoms with Crippen molar-refractivity contribution in [1.29, 1.82) is 0 Å². The number of rotatable bonds is 2. The average molecular weight is 219 g/mol. The number of hydrogen-bond acceptors (Lipinski definition) is 3. The second-order valence-corrected chi connectivity index (χ2v) is 5.59. The summed E-state index contributed by atoms with van der Waals surface area (Å²) in [6, 6.07) is 0. The van der Waals surface area contributed by atoms with Crippen molar-refractivity contribution >= 4 is 5.97 Å². The van der Waals surface area contributed by atoms with Crippen LogP contribution in [0.2, 0.25) is 0 Å². The molecule has 0 radical (unpaired) electrons. The molecule has 86 valence electrons. The standard InChI is InChI=1S/C12H16N2O2/c1-6-10-8(14(13-6)5-9(15)16)4-7-11(10)12(7,2)3/h7,11H,4-5H2,1-3H3,(H,15,16)/p-1. The predicted octanol–water partition coefficient (Wildman–Crippen LogP) is 0.237. The molecule has 1 heterocycles. The average Bonchev–Trinajstić information content (AvgIpc) is 2.52. The summed E-state index contributed by atoms with van der Waals surface area (Å²) in [5.74, 6) is 0.218. The first kappa shape index (κ1) is 9.87. The molecule has 2 aliphatic rings. The fourth-order valence-corrected chi connectivity index (χ4v) is 3.42. The molecule has 0 aromatic carbocycles. The SMILES string of the molecule is Cc1nn(CC(=O)[O-])c2c1C1C(C2)C1(C)C. The molecule has 0 amide bonds. The smallest absolute Gasteiger partial charge is 0.0807 e. The predicted molar refractivity (Wildman–Crippen MR) is 55.7 cm³/mol. The van der Waals surface area contributed by atoms with Gasteiger partial charge in [-0.15, -0.1) is 0 Å². The van der Waals surface area contributed by atoms with E-state index in [0.29, 0.717) is 17.3 Å². The largest absolute Gasteiger partial charge is 0.548 e. The van der Waals surface area contributed by atoms with E-state index in [1.165, 1.54) is 5.56 Å². The second-order valence-electron chi connectivity index (χ2n) is 5.59. The van der Waals surface area contributed by atoms with Gasteiger partial charge in [-0.1, -0.05) is 13.8 Å². The van der Waals surface area contributed by atoms with E-state index < -0.39 is 5.97 Å². The molecule has 1 aromatic rings. The molecule has 3 rings (SSSR count). The number of fused-ring (bicyclic) bond motifs is 3. The maximum atomic E-state index is 10.6. The van der Waals surface area contributed by atoms with Gasteiger partial charge in [-0.05, 0) is 30.6 Å². The Morgan fingerprint density at radius 1 is 1.62 bits per heavy atom. The van der Waals surface area contributed by atoms with Crippen LogP contribution in [0, 0.1) is 18.3 Å². The molecule has 4 nitrogen and oxygen atoms in total. The van der Waals surface area contributed by atoms with Gasteiger partial charge in [-0.25, -0.2) is 0 Å². The molecule has 1 fully saturated rings. The highest BCUT2D eigenvalue weighted by Crippen LogP contribution is 2.70. The summed E-state index contributed by atoms with van der Waals surface area (Å²) in [4.78, 5) is 10.6. The monoisotopic (exact) mass is 219 g/mol. The van der Waals surface area contributed by atoms with Gasteiger partial charge in [0.1, 0.15) is 0 Å². The van der Waals surface area contributed by atoms with E-state index in [1.54, 1.807) is 4.68 Å². The normalized spacial score (nSPS) is 28.7. The lowest BCUT2D eigenvalue weighted by atomic mass is 9.98. The molecular weight excluding hydrogens is 204 g/mol. The molecule has 0 N–H and O–H groups in total. The third-order valence-corrected chi connectivity index (χ3v) is 4.34. The van der Waals surface area contributed by atoms with E-state index in [4.69, 9.17) is 0 Å². The quantitative estimate of drug-likeness (QED) is 0.715. The van der Waals surface area contributed by atoms with E-state index in [1.807, 2.05) is 6.92 Å². The molecule has 0 saturated heterocycles. The van der Waals surface area contributed by atoms with Crippen molar-refractivity contribution in [2.45, 2.75) is 39.7 Å². The zero-order valence-electron chi connectivity index (χ0n) is 9.78. The molecule has 2 atom stereocenters. The van der Waals surface area contributed by atoms with Crippen LogP contribution < -0.4 is 5.11 Å². The van der Waals surface area contributed by atoms with Crippen LogP contribution in [0.3, 0.4) is 0 Å². The minimum atomic E-state index is -1.06. The van der Waals surface area contributed by atoms with Gasteiger partial charge in [0.25, 0.3) is 0 Å². The van der Waals surface area contributed by atoms with Crippen molar-refractivity contribution in [3.05, 3.63) is 17.0 Å². The Balaban J connectivity index is 2.01. The van der Waals surface area contributed by atoms with Crippen LogP contribution in [-0.4, -0.2) is 15.7 Å². The van der Waals surface area contributed by atoms with Crippen molar-refractivity contribution in [1.82, 2.24) is 9.78 Å². The van der Waals surface area contributed by atoms with Gasteiger partial charge >= 0.3 is 0 Å². The third-order valence-electron chi connectivity index (χ3n) is 4.34. The Hall–Kier alpha value is -1.32. The van der Waals surface area contributed by atoms with Crippen molar-refractivity contribution < 1.29 is 9.90 Å². The highest BCUT2D eigenvalue weighted by atomic mass is 16.4. The van der Waals surface area contributed by atoms with Crippen LogP contribution in [0.1, 0.15) is 36.7 Å². The van der Waals surface area contributed by atoms with E-state index in [-0.39, 0.29) is 6.54 Å². The van der Waals surface area contributed by atoms with Gasteiger partial charge in [0.05, 0.1) is 18.2 Å². The number of aliphatic carboxylic acids is 1. The van der Waals surface area contributed by atoms with Crippen LogP contribution in [0.5, 0.6) is 0 Å².